The van der Waals surface area contributed by atoms with Crippen molar-refractivity contribution in [1.29, 1.82) is 0 Å². The van der Waals surface area contributed by atoms with Crippen LogP contribution in [0, 0.1) is 23.7 Å². The van der Waals surface area contributed by atoms with Crippen molar-refractivity contribution in [3.8, 4) is 5.75 Å². The van der Waals surface area contributed by atoms with Gasteiger partial charge in [-0.2, -0.15) is 10.1 Å². The first kappa shape index (κ1) is 18.1. The number of ether oxygens (including phenoxy) is 1. The molecule has 0 radical (unpaired) electrons. The second-order valence-electron chi connectivity index (χ2n) is 7.69. The average Bonchev–Trinajstić information content (AvgIpc) is 3.41. The Morgan fingerprint density at radius 3 is 2.41 bits per heavy atom. The van der Waals surface area contributed by atoms with Crippen LogP contribution in [0.15, 0.2) is 65.8 Å². The minimum Gasteiger partial charge on any atom is -0.488 e. The van der Waals surface area contributed by atoms with Gasteiger partial charge in [0.15, 0.2) is 0 Å². The number of carbonyl (C=O) groups excluding carboxylic acids is 2. The van der Waals surface area contributed by atoms with Crippen LogP contribution in [0.25, 0.3) is 0 Å². The average molecular weight is 407 g/mol. The highest BCUT2D eigenvalue weighted by atomic mass is 35.5. The van der Waals surface area contributed by atoms with Crippen LogP contribution in [-0.2, 0) is 16.2 Å². The van der Waals surface area contributed by atoms with E-state index in [1.807, 2.05) is 30.3 Å². The number of halogens is 1. The van der Waals surface area contributed by atoms with Crippen molar-refractivity contribution in [1.82, 2.24) is 5.01 Å². The highest BCUT2D eigenvalue weighted by Gasteiger charge is 2.59. The Kier molecular flexibility index (Phi) is 4.47. The zero-order chi connectivity index (χ0) is 20.0. The Hall–Kier alpha value is -2.92. The van der Waals surface area contributed by atoms with E-state index in [0.29, 0.717) is 22.9 Å². The molecule has 29 heavy (non-hydrogen) atoms. The van der Waals surface area contributed by atoms with Crippen molar-refractivity contribution in [2.24, 2.45) is 28.8 Å². The monoisotopic (exact) mass is 406 g/mol. The van der Waals surface area contributed by atoms with E-state index in [2.05, 4.69) is 17.3 Å². The van der Waals surface area contributed by atoms with Crippen LogP contribution in [-0.4, -0.2) is 23.0 Å². The molecule has 146 valence electrons. The molecule has 2 aromatic carbocycles. The van der Waals surface area contributed by atoms with E-state index in [4.69, 9.17) is 16.3 Å². The topological polar surface area (TPSA) is 59.0 Å². The maximum absolute atomic E-state index is 12.8. The number of hydrogen-bond acceptors (Lipinski definition) is 4. The lowest BCUT2D eigenvalue weighted by molar-refractivity contribution is -0.140. The predicted molar refractivity (Wildman–Crippen MR) is 109 cm³/mol. The first-order chi connectivity index (χ1) is 14.1. The molecule has 2 bridgehead atoms. The number of benzene rings is 2. The third-order valence-electron chi connectivity index (χ3n) is 5.97. The summed E-state index contributed by atoms with van der Waals surface area (Å²) in [7, 11) is 0. The van der Waals surface area contributed by atoms with E-state index in [1.54, 1.807) is 18.2 Å². The fourth-order valence-corrected chi connectivity index (χ4v) is 4.79. The van der Waals surface area contributed by atoms with Crippen molar-refractivity contribution >= 4 is 29.6 Å². The maximum Gasteiger partial charge on any atom is 0.254 e. The molecule has 0 aromatic heterocycles. The largest absolute Gasteiger partial charge is 0.488 e. The van der Waals surface area contributed by atoms with Gasteiger partial charge in [0.05, 0.1) is 18.1 Å². The Morgan fingerprint density at radius 2 is 1.72 bits per heavy atom. The normalized spacial score (nSPS) is 27.3. The molecule has 0 unspecified atom stereocenters. The van der Waals surface area contributed by atoms with Gasteiger partial charge in [0, 0.05) is 10.6 Å². The lowest BCUT2D eigenvalue weighted by Gasteiger charge is -2.13. The Bertz CT molecular complexity index is 1000. The highest BCUT2D eigenvalue weighted by molar-refractivity contribution is 6.31. The van der Waals surface area contributed by atoms with Crippen LogP contribution in [0.4, 0.5) is 0 Å². The smallest absolute Gasteiger partial charge is 0.254 e. The molecule has 4 atom stereocenters. The number of fused-ring (bicyclic) bond motifs is 5. The molecule has 5 nitrogen and oxygen atoms in total. The van der Waals surface area contributed by atoms with Crippen LogP contribution in [0.3, 0.4) is 0 Å². The third kappa shape index (κ3) is 3.15. The summed E-state index contributed by atoms with van der Waals surface area (Å²) in [5.74, 6) is -0.0208. The number of amides is 2. The van der Waals surface area contributed by atoms with Crippen molar-refractivity contribution < 1.29 is 14.3 Å². The van der Waals surface area contributed by atoms with Crippen molar-refractivity contribution in [2.45, 2.75) is 13.0 Å². The van der Waals surface area contributed by atoms with Gasteiger partial charge in [0.2, 0.25) is 0 Å². The summed E-state index contributed by atoms with van der Waals surface area (Å²) in [5, 5.41) is 5.79. The molecule has 0 spiro atoms. The molecule has 2 aromatic rings. The van der Waals surface area contributed by atoms with Crippen LogP contribution in [0.1, 0.15) is 17.5 Å². The van der Waals surface area contributed by atoms with Gasteiger partial charge < -0.3 is 4.74 Å². The summed E-state index contributed by atoms with van der Waals surface area (Å²) in [6.07, 6.45) is 6.52. The quantitative estimate of drug-likeness (QED) is 0.427. The van der Waals surface area contributed by atoms with Crippen molar-refractivity contribution in [3.63, 3.8) is 0 Å². The van der Waals surface area contributed by atoms with E-state index in [-0.39, 0.29) is 35.5 Å². The fourth-order valence-electron chi connectivity index (χ4n) is 4.61. The van der Waals surface area contributed by atoms with Gasteiger partial charge >= 0.3 is 0 Å². The predicted octanol–water partition coefficient (Wildman–Crippen LogP) is 4.06. The van der Waals surface area contributed by atoms with Gasteiger partial charge in [-0.3, -0.25) is 9.59 Å². The van der Waals surface area contributed by atoms with E-state index in [0.717, 1.165) is 17.0 Å². The van der Waals surface area contributed by atoms with Crippen LogP contribution >= 0.6 is 11.6 Å². The minimum atomic E-state index is -0.261. The Balaban J connectivity index is 1.36. The molecule has 3 aliphatic rings. The molecule has 1 saturated carbocycles. The lowest BCUT2D eigenvalue weighted by atomic mass is 9.85. The summed E-state index contributed by atoms with van der Waals surface area (Å²) >= 11 is 6.14. The minimum absolute atomic E-state index is 0.164. The molecular weight excluding hydrogens is 388 g/mol. The first-order valence-corrected chi connectivity index (χ1v) is 10.1. The molecule has 1 heterocycles. The molecule has 1 aliphatic heterocycles. The molecule has 2 amide bonds. The molecule has 1 saturated heterocycles. The summed E-state index contributed by atoms with van der Waals surface area (Å²) in [6.45, 7) is 0.393. The lowest BCUT2D eigenvalue weighted by Crippen LogP contribution is -2.28. The number of nitrogens with zero attached hydrogens (tertiary/aromatic N) is 2. The Morgan fingerprint density at radius 1 is 1.03 bits per heavy atom. The van der Waals surface area contributed by atoms with Crippen LogP contribution in [0.2, 0.25) is 5.02 Å². The Labute approximate surface area is 173 Å². The number of hydrogen-bond donors (Lipinski definition) is 0. The van der Waals surface area contributed by atoms with Crippen molar-refractivity contribution in [2.75, 3.05) is 0 Å². The molecule has 5 rings (SSSR count). The van der Waals surface area contributed by atoms with Gasteiger partial charge in [-0.05, 0) is 42.0 Å². The zero-order valence-corrected chi connectivity index (χ0v) is 16.3. The summed E-state index contributed by atoms with van der Waals surface area (Å²) in [4.78, 5) is 25.5. The summed E-state index contributed by atoms with van der Waals surface area (Å²) in [6, 6.07) is 15.0. The van der Waals surface area contributed by atoms with Gasteiger partial charge in [0.25, 0.3) is 11.8 Å². The maximum atomic E-state index is 12.8. The molecule has 0 N–H and O–H groups in total. The van der Waals surface area contributed by atoms with E-state index < -0.39 is 0 Å². The van der Waals surface area contributed by atoms with Crippen LogP contribution in [0.5, 0.6) is 5.75 Å². The molecular formula is C23H19ClN2O3. The molecule has 2 aliphatic carbocycles. The van der Waals surface area contributed by atoms with E-state index in [9.17, 15) is 9.59 Å². The van der Waals surface area contributed by atoms with E-state index in [1.165, 1.54) is 6.21 Å². The second kappa shape index (κ2) is 7.16. The molecule has 2 fully saturated rings. The first-order valence-electron chi connectivity index (χ1n) is 9.68. The third-order valence-corrected chi connectivity index (χ3v) is 6.20. The summed E-state index contributed by atoms with van der Waals surface area (Å²) in [5.41, 5.74) is 1.65. The SMILES string of the molecule is O=C1[C@@H]2[C@H](C(=O)N1N=Cc1cc(Cl)ccc1OCc1ccccc1)[C@H]1C=C[C@H]2C1. The fraction of sp³-hybridized carbons (Fsp3) is 0.261. The van der Waals surface area contributed by atoms with E-state index >= 15 is 0 Å². The standard InChI is InChI=1S/C23H19ClN2O3/c24-18-8-9-19(29-13-14-4-2-1-3-5-14)17(11-18)12-25-26-22(27)20-15-6-7-16(10-15)21(20)23(26)28/h1-9,11-12,15-16,20-21H,10,13H2/t15-,16-,20-,21+/m0/s1. The number of carbonyl (C=O) groups is 2. The van der Waals surface area contributed by atoms with Crippen molar-refractivity contribution in [3.05, 3.63) is 76.8 Å². The number of rotatable bonds is 5. The number of imide groups is 1. The van der Waals surface area contributed by atoms with Gasteiger partial charge in [-0.1, -0.05) is 54.1 Å². The number of allylic oxidation sites excluding steroid dienone is 2. The number of hydrazone groups is 1. The second-order valence-corrected chi connectivity index (χ2v) is 8.13. The van der Waals surface area contributed by atoms with Crippen LogP contribution < -0.4 is 4.74 Å². The van der Waals surface area contributed by atoms with Gasteiger partial charge in [-0.15, -0.1) is 0 Å². The van der Waals surface area contributed by atoms with Gasteiger partial charge in [-0.25, -0.2) is 0 Å². The summed E-state index contributed by atoms with van der Waals surface area (Å²) < 4.78 is 5.92. The molecule has 6 heteroatoms. The van der Waals surface area contributed by atoms with Gasteiger partial charge in [0.1, 0.15) is 12.4 Å². The highest BCUT2D eigenvalue weighted by Crippen LogP contribution is 2.52. The zero-order valence-electron chi connectivity index (χ0n) is 15.6.